The minimum atomic E-state index is 0.0672. The van der Waals surface area contributed by atoms with E-state index >= 15 is 0 Å². The Labute approximate surface area is 152 Å². The average molecular weight is 360 g/mol. The van der Waals surface area contributed by atoms with E-state index in [0.29, 0.717) is 18.4 Å². The number of nitrogens with zero attached hydrogens (tertiary/aromatic N) is 3. The Balaban J connectivity index is 1.50. The third-order valence-corrected chi connectivity index (χ3v) is 5.45. The fourth-order valence-corrected chi connectivity index (χ4v) is 3.67. The Bertz CT molecular complexity index is 726. The maximum absolute atomic E-state index is 12.0. The summed E-state index contributed by atoms with van der Waals surface area (Å²) >= 11 is 1.41. The van der Waals surface area contributed by atoms with Gasteiger partial charge in [0.25, 0.3) is 0 Å². The van der Waals surface area contributed by atoms with Crippen molar-refractivity contribution in [2.75, 3.05) is 5.75 Å². The van der Waals surface area contributed by atoms with Gasteiger partial charge in [-0.05, 0) is 31.4 Å². The van der Waals surface area contributed by atoms with Crippen LogP contribution in [0.3, 0.4) is 0 Å². The van der Waals surface area contributed by atoms with Gasteiger partial charge < -0.3 is 14.6 Å². The number of amides is 1. The van der Waals surface area contributed by atoms with Crippen molar-refractivity contribution in [2.45, 2.75) is 50.4 Å². The van der Waals surface area contributed by atoms with Crippen LogP contribution in [0, 0.1) is 6.92 Å². The Morgan fingerprint density at radius 3 is 2.84 bits per heavy atom. The molecule has 0 atom stereocenters. The Morgan fingerprint density at radius 1 is 1.32 bits per heavy atom. The summed E-state index contributed by atoms with van der Waals surface area (Å²) < 4.78 is 7.70. The quantitative estimate of drug-likeness (QED) is 0.769. The van der Waals surface area contributed by atoms with Crippen molar-refractivity contribution >= 4 is 17.7 Å². The predicted octanol–water partition coefficient (Wildman–Crippen LogP) is 2.85. The van der Waals surface area contributed by atoms with Crippen molar-refractivity contribution in [1.29, 1.82) is 0 Å². The zero-order valence-electron chi connectivity index (χ0n) is 14.7. The molecule has 1 amide bonds. The van der Waals surface area contributed by atoms with Crippen LogP contribution < -0.4 is 10.1 Å². The molecule has 1 aromatic carbocycles. The number of hydrogen-bond acceptors (Lipinski definition) is 5. The summed E-state index contributed by atoms with van der Waals surface area (Å²) in [6.45, 7) is 2.36. The molecular weight excluding hydrogens is 336 g/mol. The zero-order valence-corrected chi connectivity index (χ0v) is 15.5. The highest BCUT2D eigenvalue weighted by Crippen LogP contribution is 2.21. The number of aromatic nitrogens is 3. The number of para-hydroxylation sites is 1. The van der Waals surface area contributed by atoms with Crippen LogP contribution in [0.25, 0.3) is 0 Å². The first-order valence-electron chi connectivity index (χ1n) is 8.62. The third-order valence-electron chi connectivity index (χ3n) is 4.43. The monoisotopic (exact) mass is 360 g/mol. The highest BCUT2D eigenvalue weighted by Gasteiger charge is 2.18. The predicted molar refractivity (Wildman–Crippen MR) is 97.6 cm³/mol. The van der Waals surface area contributed by atoms with E-state index in [9.17, 15) is 4.79 Å². The maximum Gasteiger partial charge on any atom is 0.230 e. The van der Waals surface area contributed by atoms with Crippen LogP contribution in [0.5, 0.6) is 5.75 Å². The molecule has 1 fully saturated rings. The van der Waals surface area contributed by atoms with Crippen LogP contribution in [0.1, 0.15) is 37.1 Å². The molecule has 134 valence electrons. The Kier molecular flexibility index (Phi) is 5.96. The van der Waals surface area contributed by atoms with Crippen molar-refractivity contribution < 1.29 is 9.53 Å². The van der Waals surface area contributed by atoms with Crippen molar-refractivity contribution in [1.82, 2.24) is 20.1 Å². The third kappa shape index (κ3) is 4.75. The summed E-state index contributed by atoms with van der Waals surface area (Å²) in [6, 6.07) is 8.23. The lowest BCUT2D eigenvalue weighted by Crippen LogP contribution is -2.33. The van der Waals surface area contributed by atoms with E-state index in [4.69, 9.17) is 4.74 Å². The van der Waals surface area contributed by atoms with Crippen molar-refractivity contribution in [2.24, 2.45) is 7.05 Å². The van der Waals surface area contributed by atoms with Crippen molar-refractivity contribution in [3.05, 3.63) is 35.7 Å². The molecule has 3 rings (SSSR count). The molecule has 0 aliphatic heterocycles. The van der Waals surface area contributed by atoms with Crippen LogP contribution in [-0.4, -0.2) is 32.5 Å². The van der Waals surface area contributed by atoms with E-state index in [0.717, 1.165) is 35.1 Å². The van der Waals surface area contributed by atoms with Crippen LogP contribution in [0.2, 0.25) is 0 Å². The van der Waals surface area contributed by atoms with E-state index in [-0.39, 0.29) is 5.91 Å². The molecule has 0 unspecified atom stereocenters. The first kappa shape index (κ1) is 17.8. The number of thioether (sulfide) groups is 1. The van der Waals surface area contributed by atoms with Gasteiger partial charge in [-0.2, -0.15) is 0 Å². The van der Waals surface area contributed by atoms with Crippen molar-refractivity contribution in [3.63, 3.8) is 0 Å². The van der Waals surface area contributed by atoms with Gasteiger partial charge in [-0.3, -0.25) is 4.79 Å². The Morgan fingerprint density at radius 2 is 2.08 bits per heavy atom. The SMILES string of the molecule is Cc1ccccc1OCc1nnc(SCC(=O)NC2CCCC2)n1C. The highest BCUT2D eigenvalue weighted by molar-refractivity contribution is 7.99. The van der Waals surface area contributed by atoms with Crippen LogP contribution in [0.4, 0.5) is 0 Å². The topological polar surface area (TPSA) is 69.0 Å². The van der Waals surface area contributed by atoms with Gasteiger partial charge in [0.15, 0.2) is 11.0 Å². The lowest BCUT2D eigenvalue weighted by molar-refractivity contribution is -0.119. The molecule has 1 N–H and O–H groups in total. The number of nitrogens with one attached hydrogen (secondary N) is 1. The number of carbonyl (C=O) groups is 1. The smallest absolute Gasteiger partial charge is 0.230 e. The lowest BCUT2D eigenvalue weighted by atomic mass is 10.2. The molecule has 0 bridgehead atoms. The molecule has 1 aliphatic rings. The van der Waals surface area contributed by atoms with Gasteiger partial charge in [-0.1, -0.05) is 42.8 Å². The van der Waals surface area contributed by atoms with Crippen LogP contribution in [-0.2, 0) is 18.4 Å². The molecule has 7 heteroatoms. The number of rotatable bonds is 7. The van der Waals surface area contributed by atoms with E-state index < -0.39 is 0 Å². The second-order valence-electron chi connectivity index (χ2n) is 6.35. The largest absolute Gasteiger partial charge is 0.485 e. The molecule has 0 radical (unpaired) electrons. The summed E-state index contributed by atoms with van der Waals surface area (Å²) in [7, 11) is 1.90. The molecule has 0 saturated heterocycles. The fraction of sp³-hybridized carbons (Fsp3) is 0.500. The average Bonchev–Trinajstić information content (AvgIpc) is 3.23. The number of benzene rings is 1. The number of aryl methyl sites for hydroxylation is 1. The van der Waals surface area contributed by atoms with Gasteiger partial charge in [-0.25, -0.2) is 0 Å². The van der Waals surface area contributed by atoms with E-state index in [1.165, 1.54) is 24.6 Å². The molecule has 2 aromatic rings. The maximum atomic E-state index is 12.0. The molecular formula is C18H24N4O2S. The summed E-state index contributed by atoms with van der Waals surface area (Å²) in [5.74, 6) is 2.01. The highest BCUT2D eigenvalue weighted by atomic mass is 32.2. The zero-order chi connectivity index (χ0) is 17.6. The van der Waals surface area contributed by atoms with Gasteiger partial charge in [0.2, 0.25) is 5.91 Å². The molecule has 6 nitrogen and oxygen atoms in total. The first-order valence-corrected chi connectivity index (χ1v) is 9.61. The molecule has 25 heavy (non-hydrogen) atoms. The lowest BCUT2D eigenvalue weighted by Gasteiger charge is -2.11. The van der Waals surface area contributed by atoms with Crippen LogP contribution >= 0.6 is 11.8 Å². The van der Waals surface area contributed by atoms with Gasteiger partial charge in [0, 0.05) is 13.1 Å². The van der Waals surface area contributed by atoms with Crippen molar-refractivity contribution in [3.8, 4) is 5.75 Å². The minimum Gasteiger partial charge on any atom is -0.485 e. The van der Waals surface area contributed by atoms with Gasteiger partial charge >= 0.3 is 0 Å². The first-order chi connectivity index (χ1) is 12.1. The fourth-order valence-electron chi connectivity index (χ4n) is 2.93. The normalized spacial score (nSPS) is 14.6. The summed E-state index contributed by atoms with van der Waals surface area (Å²) in [4.78, 5) is 12.0. The Hall–Kier alpha value is -2.02. The summed E-state index contributed by atoms with van der Waals surface area (Å²) in [5.41, 5.74) is 1.09. The van der Waals surface area contributed by atoms with E-state index in [2.05, 4.69) is 15.5 Å². The van der Waals surface area contributed by atoms with Crippen LogP contribution in [0.15, 0.2) is 29.4 Å². The molecule has 1 aromatic heterocycles. The molecule has 1 heterocycles. The summed E-state index contributed by atoms with van der Waals surface area (Å²) in [5, 5.41) is 12.2. The number of hydrogen-bond donors (Lipinski definition) is 1. The standard InChI is InChI=1S/C18H24N4O2S/c1-13-7-3-6-10-15(13)24-11-16-20-21-18(22(16)2)25-12-17(23)19-14-8-4-5-9-14/h3,6-7,10,14H,4-5,8-9,11-12H2,1-2H3,(H,19,23). The van der Waals surface area contributed by atoms with Gasteiger partial charge in [0.1, 0.15) is 12.4 Å². The van der Waals surface area contributed by atoms with Gasteiger partial charge in [-0.15, -0.1) is 10.2 Å². The minimum absolute atomic E-state index is 0.0672. The number of ether oxygens (including phenoxy) is 1. The molecule has 1 saturated carbocycles. The molecule has 0 spiro atoms. The van der Waals surface area contributed by atoms with Gasteiger partial charge in [0.05, 0.1) is 5.75 Å². The molecule has 1 aliphatic carbocycles. The summed E-state index contributed by atoms with van der Waals surface area (Å²) in [6.07, 6.45) is 4.62. The van der Waals surface area contributed by atoms with E-state index in [1.54, 1.807) is 0 Å². The number of carbonyl (C=O) groups excluding carboxylic acids is 1. The van der Waals surface area contributed by atoms with E-state index in [1.807, 2.05) is 42.8 Å². The second-order valence-corrected chi connectivity index (χ2v) is 7.29. The second kappa shape index (κ2) is 8.38.